The number of methoxy groups -OCH3 is 1. The van der Waals surface area contributed by atoms with E-state index in [2.05, 4.69) is 9.97 Å². The van der Waals surface area contributed by atoms with Crippen LogP contribution in [-0.2, 0) is 9.59 Å². The van der Waals surface area contributed by atoms with Gasteiger partial charge in [-0.1, -0.05) is 11.6 Å². The fraction of sp³-hybridized carbons (Fsp3) is 0.100. The molecule has 0 aliphatic carbocycles. The Balaban J connectivity index is 0.00000162. The standard InChI is InChI=1S/C10H7ClN2O4.K/c1-16-5-2-13-10(11)9-8(5)6(3-12-9)17-7(15)4-14;/h2-4,12H,1H3;. The van der Waals surface area contributed by atoms with Gasteiger partial charge in [0.1, 0.15) is 5.75 Å². The summed E-state index contributed by atoms with van der Waals surface area (Å²) >= 11 is 5.86. The molecule has 0 spiro atoms. The molecule has 1 radical (unpaired) electrons. The summed E-state index contributed by atoms with van der Waals surface area (Å²) < 4.78 is 9.89. The molecule has 8 heteroatoms. The average molecular weight is 294 g/mol. The molecule has 0 aliphatic heterocycles. The Bertz CT molecular complexity index is 599. The van der Waals surface area contributed by atoms with Crippen LogP contribution in [0.4, 0.5) is 0 Å². The maximum absolute atomic E-state index is 10.9. The summed E-state index contributed by atoms with van der Waals surface area (Å²) in [4.78, 5) is 27.8. The minimum atomic E-state index is -0.999. The molecule has 0 saturated carbocycles. The normalized spacial score (nSPS) is 9.67. The second-order valence-electron chi connectivity index (χ2n) is 3.06. The Morgan fingerprint density at radius 3 is 2.83 bits per heavy atom. The first-order chi connectivity index (χ1) is 8.17. The van der Waals surface area contributed by atoms with Gasteiger partial charge >= 0.3 is 5.97 Å². The van der Waals surface area contributed by atoms with Gasteiger partial charge in [-0.25, -0.2) is 9.78 Å². The van der Waals surface area contributed by atoms with Crippen LogP contribution in [0, 0.1) is 0 Å². The number of carbonyl (C=O) groups is 2. The van der Waals surface area contributed by atoms with E-state index < -0.39 is 5.97 Å². The number of aromatic nitrogens is 2. The van der Waals surface area contributed by atoms with E-state index in [1.165, 1.54) is 19.5 Å². The molecule has 89 valence electrons. The summed E-state index contributed by atoms with van der Waals surface area (Å²) in [5.41, 5.74) is 0.472. The van der Waals surface area contributed by atoms with Crippen LogP contribution in [0.2, 0.25) is 5.15 Å². The first kappa shape index (κ1) is 15.6. The van der Waals surface area contributed by atoms with E-state index in [1.54, 1.807) is 0 Å². The number of halogens is 1. The molecule has 2 heterocycles. The minimum Gasteiger partial charge on any atom is -0.494 e. The Morgan fingerprint density at radius 2 is 2.22 bits per heavy atom. The SMILES string of the molecule is COc1cnc(Cl)c2[nH]cc(OC(=O)C=O)c12.[K]. The number of carbonyl (C=O) groups excluding carboxylic acids is 2. The largest absolute Gasteiger partial charge is 0.494 e. The molecule has 0 amide bonds. The van der Waals surface area contributed by atoms with Crippen molar-refractivity contribution in [2.24, 2.45) is 0 Å². The Hall–Kier alpha value is -0.444. The summed E-state index contributed by atoms with van der Waals surface area (Å²) in [6, 6.07) is 0. The third-order valence-electron chi connectivity index (χ3n) is 2.12. The van der Waals surface area contributed by atoms with Gasteiger partial charge in [-0.3, -0.25) is 4.79 Å². The first-order valence-corrected chi connectivity index (χ1v) is 4.91. The van der Waals surface area contributed by atoms with Crippen LogP contribution < -0.4 is 9.47 Å². The number of aldehydes is 1. The van der Waals surface area contributed by atoms with Crippen LogP contribution in [0.5, 0.6) is 11.5 Å². The minimum absolute atomic E-state index is 0. The molecular weight excluding hydrogens is 287 g/mol. The maximum Gasteiger partial charge on any atom is 0.376 e. The molecule has 0 aliphatic rings. The number of esters is 1. The van der Waals surface area contributed by atoms with Crippen molar-refractivity contribution in [3.8, 4) is 11.5 Å². The number of hydrogen-bond donors (Lipinski definition) is 1. The average Bonchev–Trinajstić information content (AvgIpc) is 2.75. The summed E-state index contributed by atoms with van der Waals surface area (Å²) in [6.07, 6.45) is 2.88. The summed E-state index contributed by atoms with van der Waals surface area (Å²) in [6.45, 7) is 0. The van der Waals surface area contributed by atoms with Crippen LogP contribution in [-0.4, -0.2) is 80.7 Å². The van der Waals surface area contributed by atoms with E-state index in [0.717, 1.165) is 0 Å². The molecule has 2 aromatic rings. The fourth-order valence-corrected chi connectivity index (χ4v) is 1.62. The number of H-pyrrole nitrogens is 1. The van der Waals surface area contributed by atoms with Crippen LogP contribution >= 0.6 is 11.6 Å². The van der Waals surface area contributed by atoms with E-state index in [4.69, 9.17) is 21.1 Å². The second-order valence-corrected chi connectivity index (χ2v) is 3.42. The third kappa shape index (κ3) is 2.93. The molecule has 0 bridgehead atoms. The van der Waals surface area contributed by atoms with Gasteiger partial charge in [0.25, 0.3) is 0 Å². The van der Waals surface area contributed by atoms with E-state index in [9.17, 15) is 9.59 Å². The monoisotopic (exact) mass is 293 g/mol. The van der Waals surface area contributed by atoms with Crippen molar-refractivity contribution >= 4 is 86.1 Å². The van der Waals surface area contributed by atoms with Crippen molar-refractivity contribution in [2.75, 3.05) is 7.11 Å². The molecule has 18 heavy (non-hydrogen) atoms. The third-order valence-corrected chi connectivity index (χ3v) is 2.41. The molecule has 0 atom stereocenters. The Kier molecular flexibility index (Phi) is 5.76. The molecule has 6 nitrogen and oxygen atoms in total. The fourth-order valence-electron chi connectivity index (χ4n) is 1.42. The van der Waals surface area contributed by atoms with Crippen LogP contribution in [0.3, 0.4) is 0 Å². The van der Waals surface area contributed by atoms with Crippen molar-refractivity contribution in [1.29, 1.82) is 0 Å². The van der Waals surface area contributed by atoms with Gasteiger partial charge < -0.3 is 14.5 Å². The molecule has 0 saturated heterocycles. The quantitative estimate of drug-likeness (QED) is 0.299. The van der Waals surface area contributed by atoms with Crippen molar-refractivity contribution in [2.45, 2.75) is 0 Å². The molecule has 2 rings (SSSR count). The second kappa shape index (κ2) is 6.64. The van der Waals surface area contributed by atoms with Crippen LogP contribution in [0.25, 0.3) is 10.9 Å². The molecule has 0 unspecified atom stereocenters. The topological polar surface area (TPSA) is 81.3 Å². The smallest absolute Gasteiger partial charge is 0.376 e. The summed E-state index contributed by atoms with van der Waals surface area (Å²) in [5.74, 6) is -0.446. The number of fused-ring (bicyclic) bond motifs is 1. The number of ether oxygens (including phenoxy) is 2. The number of nitrogens with zero attached hydrogens (tertiary/aromatic N) is 1. The van der Waals surface area contributed by atoms with Gasteiger partial charge in [0, 0.05) is 57.6 Å². The van der Waals surface area contributed by atoms with E-state index in [1.807, 2.05) is 0 Å². The van der Waals surface area contributed by atoms with Gasteiger partial charge in [0.15, 0.2) is 10.9 Å². The zero-order valence-electron chi connectivity index (χ0n) is 9.69. The molecule has 2 aromatic heterocycles. The first-order valence-electron chi connectivity index (χ1n) is 4.54. The Morgan fingerprint density at radius 1 is 1.50 bits per heavy atom. The van der Waals surface area contributed by atoms with Crippen molar-refractivity contribution in [3.63, 3.8) is 0 Å². The van der Waals surface area contributed by atoms with E-state index in [0.29, 0.717) is 16.7 Å². The number of aromatic amines is 1. The van der Waals surface area contributed by atoms with Gasteiger partial charge in [-0.15, -0.1) is 0 Å². The molecule has 0 fully saturated rings. The number of hydrogen-bond acceptors (Lipinski definition) is 5. The van der Waals surface area contributed by atoms with E-state index >= 15 is 0 Å². The molecule has 0 aromatic carbocycles. The zero-order chi connectivity index (χ0) is 12.4. The van der Waals surface area contributed by atoms with Gasteiger partial charge in [-0.2, -0.15) is 0 Å². The predicted octanol–water partition coefficient (Wildman–Crippen LogP) is 0.948. The maximum atomic E-state index is 10.9. The Labute approximate surface area is 149 Å². The zero-order valence-corrected chi connectivity index (χ0v) is 13.6. The number of rotatable bonds is 3. The van der Waals surface area contributed by atoms with Gasteiger partial charge in [0.05, 0.1) is 24.2 Å². The molecular formula is C10H7ClKN2O4. The number of pyridine rings is 1. The van der Waals surface area contributed by atoms with Crippen molar-refractivity contribution < 1.29 is 19.1 Å². The molecule has 1 N–H and O–H groups in total. The van der Waals surface area contributed by atoms with Gasteiger partial charge in [-0.05, 0) is 0 Å². The summed E-state index contributed by atoms with van der Waals surface area (Å²) in [5, 5.41) is 0.678. The van der Waals surface area contributed by atoms with Crippen molar-refractivity contribution in [3.05, 3.63) is 17.5 Å². The van der Waals surface area contributed by atoms with Gasteiger partial charge in [0.2, 0.25) is 6.29 Å². The van der Waals surface area contributed by atoms with E-state index in [-0.39, 0.29) is 68.6 Å². The summed E-state index contributed by atoms with van der Waals surface area (Å²) in [7, 11) is 1.45. The van der Waals surface area contributed by atoms with Crippen LogP contribution in [0.1, 0.15) is 0 Å². The predicted molar refractivity (Wildman–Crippen MR) is 65.1 cm³/mol. The van der Waals surface area contributed by atoms with Crippen molar-refractivity contribution in [1.82, 2.24) is 9.97 Å². The number of nitrogens with one attached hydrogen (secondary N) is 1. The van der Waals surface area contributed by atoms with Crippen LogP contribution in [0.15, 0.2) is 12.4 Å².